The van der Waals surface area contributed by atoms with Crippen molar-refractivity contribution in [2.45, 2.75) is 18.1 Å². The first-order valence-electron chi connectivity index (χ1n) is 10.6. The van der Waals surface area contributed by atoms with Gasteiger partial charge in [-0.15, -0.1) is 0 Å². The maximum atomic E-state index is 11.0. The van der Waals surface area contributed by atoms with E-state index in [9.17, 15) is 28.8 Å². The van der Waals surface area contributed by atoms with Crippen LogP contribution in [0.5, 0.6) is 0 Å². The molecular weight excluding hydrogens is 570 g/mol. The summed E-state index contributed by atoms with van der Waals surface area (Å²) in [5.74, 6) is -2.65. The molecule has 17 nitrogen and oxygen atoms in total. The molecule has 0 radical (unpaired) electrons. The molecule has 0 heterocycles. The number of alkyl carbamates (subject to hydrolysis) is 3. The van der Waals surface area contributed by atoms with Gasteiger partial charge in [-0.25, -0.2) is 28.8 Å². The molecule has 0 saturated carbocycles. The lowest BCUT2D eigenvalue weighted by molar-refractivity contribution is -0.141. The number of carboxylic acid groups (broad SMARTS) is 3. The number of thioether (sulfide) groups is 2. The van der Waals surface area contributed by atoms with Crippen LogP contribution in [0.3, 0.4) is 0 Å². The molecule has 0 aromatic carbocycles. The molecule has 0 bridgehead atoms. The minimum Gasteiger partial charge on any atom is -0.480 e. The number of aliphatic carboxylic acids is 3. The highest BCUT2D eigenvalue weighted by Gasteiger charge is 2.21. The van der Waals surface area contributed by atoms with Crippen LogP contribution in [0.15, 0.2) is 0 Å². The second-order valence-corrected chi connectivity index (χ2v) is 8.40. The van der Waals surface area contributed by atoms with Crippen LogP contribution in [0.1, 0.15) is 0 Å². The van der Waals surface area contributed by atoms with E-state index in [0.717, 1.165) is 0 Å². The number of methoxy groups -OCH3 is 4. The zero-order chi connectivity index (χ0) is 30.8. The fourth-order valence-electron chi connectivity index (χ4n) is 1.83. The number of amides is 3. The third-order valence-electron chi connectivity index (χ3n) is 3.66. The number of ether oxygens (including phenoxy) is 5. The summed E-state index contributed by atoms with van der Waals surface area (Å²) < 4.78 is 22.4. The Morgan fingerprint density at radius 2 is 1.00 bits per heavy atom. The fourth-order valence-corrected chi connectivity index (χ4v) is 2.95. The van der Waals surface area contributed by atoms with Gasteiger partial charge in [-0.05, 0) is 12.5 Å². The fraction of sp³-hybridized carbons (Fsp3) is 0.700. The normalized spacial score (nSPS) is 11.8. The van der Waals surface area contributed by atoms with E-state index in [-0.39, 0.29) is 19.8 Å². The highest BCUT2D eigenvalue weighted by molar-refractivity contribution is 7.98. The van der Waals surface area contributed by atoms with Crippen LogP contribution in [-0.4, -0.2) is 142 Å². The van der Waals surface area contributed by atoms with Gasteiger partial charge in [0, 0.05) is 25.7 Å². The molecule has 0 aliphatic rings. The van der Waals surface area contributed by atoms with E-state index in [1.807, 2.05) is 0 Å². The summed E-state index contributed by atoms with van der Waals surface area (Å²) >= 11 is 2.68. The Labute approximate surface area is 234 Å². The van der Waals surface area contributed by atoms with Crippen molar-refractivity contribution in [2.24, 2.45) is 0 Å². The van der Waals surface area contributed by atoms with Crippen molar-refractivity contribution in [2.75, 3.05) is 72.3 Å². The molecule has 0 saturated heterocycles. The van der Waals surface area contributed by atoms with Crippen LogP contribution >= 0.6 is 23.5 Å². The minimum absolute atomic E-state index is 0.0711. The van der Waals surface area contributed by atoms with Gasteiger partial charge in [-0.2, -0.15) is 23.5 Å². The molecule has 0 rings (SSSR count). The van der Waals surface area contributed by atoms with Crippen molar-refractivity contribution in [1.29, 1.82) is 0 Å². The highest BCUT2D eigenvalue weighted by Crippen LogP contribution is 1.98. The Balaban J connectivity index is -0.000000503. The van der Waals surface area contributed by atoms with Gasteiger partial charge in [-0.3, -0.25) is 0 Å². The predicted octanol–water partition coefficient (Wildman–Crippen LogP) is -0.224. The lowest BCUT2D eigenvalue weighted by Gasteiger charge is -2.13. The van der Waals surface area contributed by atoms with Crippen molar-refractivity contribution in [3.05, 3.63) is 0 Å². The molecule has 3 atom stereocenters. The standard InChI is InChI=1S/C8H15NO6.2C6H11NO4S/c1-13-3-4-15-8(12)9-6(5-14-2)7(10)11;2*1-11-6(10)7-4(3-12-2)5(8)9/h6H,3-5H2,1-2H3,(H,9,12)(H,10,11);2*4H,3H2,1-2H3,(H,7,10)(H,8,9). The Morgan fingerprint density at radius 1 is 0.615 bits per heavy atom. The zero-order valence-electron chi connectivity index (χ0n) is 22.4. The van der Waals surface area contributed by atoms with Crippen LogP contribution in [-0.2, 0) is 38.1 Å². The second-order valence-electron chi connectivity index (χ2n) is 6.58. The number of carbonyl (C=O) groups excluding carboxylic acids is 3. The number of carboxylic acids is 3. The van der Waals surface area contributed by atoms with Gasteiger partial charge in [0.05, 0.1) is 27.4 Å². The Bertz CT molecular complexity index is 702. The molecule has 0 spiro atoms. The van der Waals surface area contributed by atoms with E-state index in [4.69, 9.17) is 15.3 Å². The molecule has 3 amide bonds. The summed E-state index contributed by atoms with van der Waals surface area (Å²) in [5, 5.41) is 32.3. The first-order chi connectivity index (χ1) is 18.3. The lowest BCUT2D eigenvalue weighted by Crippen LogP contribution is -2.44. The molecule has 228 valence electrons. The van der Waals surface area contributed by atoms with E-state index >= 15 is 0 Å². The van der Waals surface area contributed by atoms with Gasteiger partial charge in [-0.1, -0.05) is 0 Å². The summed E-state index contributed by atoms with van der Waals surface area (Å²) in [6.07, 6.45) is 1.26. The average Bonchev–Trinajstić information content (AvgIpc) is 2.88. The number of hydrogen-bond acceptors (Lipinski definition) is 13. The molecule has 39 heavy (non-hydrogen) atoms. The van der Waals surface area contributed by atoms with Crippen molar-refractivity contribution in [3.8, 4) is 0 Å². The van der Waals surface area contributed by atoms with E-state index in [1.165, 1.54) is 52.0 Å². The SMILES string of the molecule is COC(=O)NC(CSC)C(=O)O.COC(=O)NC(CSC)C(=O)O.COCCOC(=O)NC(COC)C(=O)O. The van der Waals surface area contributed by atoms with Gasteiger partial charge in [0.15, 0.2) is 6.04 Å². The molecule has 0 aliphatic heterocycles. The van der Waals surface area contributed by atoms with Gasteiger partial charge >= 0.3 is 36.2 Å². The maximum Gasteiger partial charge on any atom is 0.408 e. The van der Waals surface area contributed by atoms with Crippen LogP contribution in [0.25, 0.3) is 0 Å². The summed E-state index contributed by atoms with van der Waals surface area (Å²) in [5.41, 5.74) is 0. The number of rotatable bonds is 15. The Kier molecular flexibility index (Phi) is 27.4. The molecule has 19 heteroatoms. The molecule has 3 unspecified atom stereocenters. The number of nitrogens with one attached hydrogen (secondary N) is 3. The number of carbonyl (C=O) groups is 6. The zero-order valence-corrected chi connectivity index (χ0v) is 24.0. The van der Waals surface area contributed by atoms with Crippen molar-refractivity contribution < 1.29 is 67.8 Å². The minimum atomic E-state index is -1.18. The van der Waals surface area contributed by atoms with Gasteiger partial charge < -0.3 is 55.0 Å². The maximum absolute atomic E-state index is 11.0. The first-order valence-corrected chi connectivity index (χ1v) is 13.4. The second kappa shape index (κ2) is 26.4. The lowest BCUT2D eigenvalue weighted by atomic mass is 10.3. The Morgan fingerprint density at radius 3 is 1.28 bits per heavy atom. The van der Waals surface area contributed by atoms with Crippen molar-refractivity contribution >= 4 is 59.7 Å². The van der Waals surface area contributed by atoms with Crippen LogP contribution in [0, 0.1) is 0 Å². The number of hydrogen-bond donors (Lipinski definition) is 6. The van der Waals surface area contributed by atoms with Gasteiger partial charge in [0.25, 0.3) is 0 Å². The van der Waals surface area contributed by atoms with Gasteiger partial charge in [0.1, 0.15) is 18.7 Å². The van der Waals surface area contributed by atoms with Gasteiger partial charge in [0.2, 0.25) is 0 Å². The van der Waals surface area contributed by atoms with Crippen LogP contribution < -0.4 is 16.0 Å². The molecule has 6 N–H and O–H groups in total. The monoisotopic (exact) mass is 607 g/mol. The van der Waals surface area contributed by atoms with Crippen LogP contribution in [0.4, 0.5) is 14.4 Å². The summed E-state index contributed by atoms with van der Waals surface area (Å²) in [4.78, 5) is 63.7. The van der Waals surface area contributed by atoms with E-state index in [2.05, 4.69) is 39.6 Å². The smallest absolute Gasteiger partial charge is 0.408 e. The summed E-state index contributed by atoms with van der Waals surface area (Å²) in [6, 6.07) is -2.87. The van der Waals surface area contributed by atoms with E-state index < -0.39 is 54.3 Å². The topological polar surface area (TPSA) is 245 Å². The van der Waals surface area contributed by atoms with Crippen LogP contribution in [0.2, 0.25) is 0 Å². The first kappa shape index (κ1) is 40.3. The Hall–Kier alpha value is -3.16. The predicted molar refractivity (Wildman–Crippen MR) is 140 cm³/mol. The molecule has 0 aliphatic carbocycles. The molecule has 0 aromatic heterocycles. The van der Waals surface area contributed by atoms with Crippen molar-refractivity contribution in [3.63, 3.8) is 0 Å². The van der Waals surface area contributed by atoms with Crippen molar-refractivity contribution in [1.82, 2.24) is 16.0 Å². The quantitative estimate of drug-likeness (QED) is 0.104. The molecular formula is C20H37N3O14S2. The van der Waals surface area contributed by atoms with E-state index in [0.29, 0.717) is 11.5 Å². The third kappa shape index (κ3) is 24.9. The average molecular weight is 608 g/mol. The molecule has 0 fully saturated rings. The highest BCUT2D eigenvalue weighted by atomic mass is 32.2. The largest absolute Gasteiger partial charge is 0.480 e. The summed E-state index contributed by atoms with van der Waals surface area (Å²) in [7, 11) is 5.18. The van der Waals surface area contributed by atoms with E-state index in [1.54, 1.807) is 12.5 Å². The molecule has 0 aromatic rings. The summed E-state index contributed by atoms with van der Waals surface area (Å²) in [6.45, 7) is 0.214. The third-order valence-corrected chi connectivity index (χ3v) is 5.00.